The number of anilines is 1. The summed E-state index contributed by atoms with van der Waals surface area (Å²) < 4.78 is 0. The van der Waals surface area contributed by atoms with Crippen molar-refractivity contribution in [1.82, 2.24) is 20.8 Å². The third-order valence-corrected chi connectivity index (χ3v) is 2.42. The third kappa shape index (κ3) is 4.83. The summed E-state index contributed by atoms with van der Waals surface area (Å²) in [5.74, 6) is 0.0659. The van der Waals surface area contributed by atoms with E-state index >= 15 is 0 Å². The lowest BCUT2D eigenvalue weighted by Gasteiger charge is -2.16. The van der Waals surface area contributed by atoms with Crippen LogP contribution in [0.15, 0.2) is 12.1 Å². The van der Waals surface area contributed by atoms with Crippen LogP contribution in [0.5, 0.6) is 0 Å². The van der Waals surface area contributed by atoms with Crippen molar-refractivity contribution in [1.29, 1.82) is 0 Å². The van der Waals surface area contributed by atoms with Crippen molar-refractivity contribution < 1.29 is 9.59 Å². The van der Waals surface area contributed by atoms with Crippen LogP contribution in [0, 0.1) is 0 Å². The maximum Gasteiger partial charge on any atom is 0.271 e. The Morgan fingerprint density at radius 2 is 1.90 bits per heavy atom. The van der Waals surface area contributed by atoms with E-state index in [1.54, 1.807) is 19.1 Å². The largest absolute Gasteiger partial charge is 0.357 e. The molecule has 20 heavy (non-hydrogen) atoms. The van der Waals surface area contributed by atoms with E-state index in [2.05, 4.69) is 26.1 Å². The van der Waals surface area contributed by atoms with E-state index in [4.69, 9.17) is 0 Å². The molecule has 7 heteroatoms. The van der Waals surface area contributed by atoms with Crippen LogP contribution in [-0.4, -0.2) is 40.6 Å². The number of carbonyl (C=O) groups is 2. The maximum absolute atomic E-state index is 11.7. The Hall–Kier alpha value is -2.18. The molecule has 0 radical (unpaired) electrons. The van der Waals surface area contributed by atoms with E-state index < -0.39 is 6.04 Å². The van der Waals surface area contributed by atoms with Crippen molar-refractivity contribution in [2.75, 3.05) is 11.9 Å². The highest BCUT2D eigenvalue weighted by Crippen LogP contribution is 2.04. The summed E-state index contributed by atoms with van der Waals surface area (Å²) in [6.45, 7) is 7.89. The van der Waals surface area contributed by atoms with Gasteiger partial charge in [-0.25, -0.2) is 0 Å². The minimum absolute atomic E-state index is 0.0814. The first-order valence-electron chi connectivity index (χ1n) is 6.62. The highest BCUT2D eigenvalue weighted by molar-refractivity contribution is 5.92. The number of rotatable bonds is 6. The Labute approximate surface area is 118 Å². The molecule has 1 heterocycles. The summed E-state index contributed by atoms with van der Waals surface area (Å²) >= 11 is 0. The van der Waals surface area contributed by atoms with Crippen molar-refractivity contribution in [2.45, 2.75) is 39.8 Å². The highest BCUT2D eigenvalue weighted by atomic mass is 16.2. The quantitative estimate of drug-likeness (QED) is 0.707. The molecule has 0 saturated carbocycles. The van der Waals surface area contributed by atoms with Gasteiger partial charge in [0.25, 0.3) is 5.91 Å². The molecule has 3 N–H and O–H groups in total. The summed E-state index contributed by atoms with van der Waals surface area (Å²) in [5, 5.41) is 16.1. The molecule has 0 spiro atoms. The Kier molecular flexibility index (Phi) is 5.89. The monoisotopic (exact) mass is 279 g/mol. The third-order valence-electron chi connectivity index (χ3n) is 2.42. The molecule has 0 aliphatic rings. The molecule has 1 atom stereocenters. The normalized spacial score (nSPS) is 11.8. The standard InChI is InChI=1S/C13H21N5O2/c1-5-14-13(20)10-6-7-11(18-17-10)16-9(4)12(19)15-8(2)3/h6-9H,5H2,1-4H3,(H,14,20)(H,15,19)(H,16,18). The second kappa shape index (κ2) is 7.42. The second-order valence-electron chi connectivity index (χ2n) is 4.69. The van der Waals surface area contributed by atoms with Gasteiger partial charge in [0.1, 0.15) is 11.9 Å². The van der Waals surface area contributed by atoms with E-state index in [0.717, 1.165) is 0 Å². The molecule has 1 aromatic rings. The van der Waals surface area contributed by atoms with Gasteiger partial charge in [0.15, 0.2) is 5.69 Å². The molecular weight excluding hydrogens is 258 g/mol. The Balaban J connectivity index is 2.61. The van der Waals surface area contributed by atoms with Crippen molar-refractivity contribution in [2.24, 2.45) is 0 Å². The van der Waals surface area contributed by atoms with Gasteiger partial charge in [0.2, 0.25) is 5.91 Å². The summed E-state index contributed by atoms with van der Waals surface area (Å²) in [4.78, 5) is 23.2. The van der Waals surface area contributed by atoms with E-state index in [0.29, 0.717) is 12.4 Å². The van der Waals surface area contributed by atoms with Crippen LogP contribution in [0.3, 0.4) is 0 Å². The van der Waals surface area contributed by atoms with Crippen LogP contribution in [-0.2, 0) is 4.79 Å². The first kappa shape index (κ1) is 15.9. The minimum Gasteiger partial charge on any atom is -0.357 e. The lowest BCUT2D eigenvalue weighted by Crippen LogP contribution is -2.41. The van der Waals surface area contributed by atoms with Crippen LogP contribution < -0.4 is 16.0 Å². The number of amides is 2. The van der Waals surface area contributed by atoms with Crippen LogP contribution >= 0.6 is 0 Å². The zero-order valence-electron chi connectivity index (χ0n) is 12.2. The van der Waals surface area contributed by atoms with Gasteiger partial charge in [-0.05, 0) is 39.8 Å². The molecule has 0 fully saturated rings. The fourth-order valence-electron chi connectivity index (χ4n) is 1.48. The molecular formula is C13H21N5O2. The molecule has 1 rings (SSSR count). The van der Waals surface area contributed by atoms with Crippen molar-refractivity contribution in [3.05, 3.63) is 17.8 Å². The van der Waals surface area contributed by atoms with Gasteiger partial charge in [-0.2, -0.15) is 0 Å². The average molecular weight is 279 g/mol. The first-order chi connectivity index (χ1) is 9.43. The van der Waals surface area contributed by atoms with Crippen molar-refractivity contribution >= 4 is 17.6 Å². The smallest absolute Gasteiger partial charge is 0.271 e. The summed E-state index contributed by atoms with van der Waals surface area (Å²) in [6.07, 6.45) is 0. The maximum atomic E-state index is 11.7. The summed E-state index contributed by atoms with van der Waals surface area (Å²) in [5.41, 5.74) is 0.247. The first-order valence-corrected chi connectivity index (χ1v) is 6.62. The fourth-order valence-corrected chi connectivity index (χ4v) is 1.48. The number of nitrogens with zero attached hydrogens (tertiary/aromatic N) is 2. The average Bonchev–Trinajstić information content (AvgIpc) is 2.39. The van der Waals surface area contributed by atoms with Gasteiger partial charge >= 0.3 is 0 Å². The molecule has 2 amide bonds. The number of nitrogens with one attached hydrogen (secondary N) is 3. The lowest BCUT2D eigenvalue weighted by molar-refractivity contribution is -0.122. The van der Waals surface area contributed by atoms with Crippen LogP contribution in [0.4, 0.5) is 5.82 Å². The van der Waals surface area contributed by atoms with Crippen molar-refractivity contribution in [3.8, 4) is 0 Å². The van der Waals surface area contributed by atoms with Crippen LogP contribution in [0.2, 0.25) is 0 Å². The number of hydrogen-bond acceptors (Lipinski definition) is 5. The zero-order valence-corrected chi connectivity index (χ0v) is 12.2. The lowest BCUT2D eigenvalue weighted by atomic mass is 10.2. The van der Waals surface area contributed by atoms with Gasteiger partial charge in [-0.15, -0.1) is 10.2 Å². The van der Waals surface area contributed by atoms with Crippen LogP contribution in [0.25, 0.3) is 0 Å². The van der Waals surface area contributed by atoms with E-state index in [1.165, 1.54) is 0 Å². The summed E-state index contributed by atoms with van der Waals surface area (Å²) in [7, 11) is 0. The SMILES string of the molecule is CCNC(=O)c1ccc(NC(C)C(=O)NC(C)C)nn1. The Morgan fingerprint density at radius 1 is 1.20 bits per heavy atom. The molecule has 0 aromatic carbocycles. The van der Waals surface area contributed by atoms with Gasteiger partial charge in [0.05, 0.1) is 0 Å². The van der Waals surface area contributed by atoms with Gasteiger partial charge < -0.3 is 16.0 Å². The van der Waals surface area contributed by atoms with Gasteiger partial charge in [-0.1, -0.05) is 0 Å². The Morgan fingerprint density at radius 3 is 2.40 bits per heavy atom. The predicted molar refractivity (Wildman–Crippen MR) is 76.4 cm³/mol. The molecule has 7 nitrogen and oxygen atoms in total. The van der Waals surface area contributed by atoms with E-state index in [9.17, 15) is 9.59 Å². The number of carbonyl (C=O) groups excluding carboxylic acids is 2. The molecule has 0 aliphatic heterocycles. The predicted octanol–water partition coefficient (Wildman–Crippen LogP) is 0.551. The van der Waals surface area contributed by atoms with E-state index in [-0.39, 0.29) is 23.6 Å². The second-order valence-corrected chi connectivity index (χ2v) is 4.69. The van der Waals surface area contributed by atoms with Gasteiger partial charge in [0, 0.05) is 12.6 Å². The van der Waals surface area contributed by atoms with Gasteiger partial charge in [-0.3, -0.25) is 9.59 Å². The van der Waals surface area contributed by atoms with E-state index in [1.807, 2.05) is 20.8 Å². The van der Waals surface area contributed by atoms with Crippen LogP contribution in [0.1, 0.15) is 38.2 Å². The Bertz CT molecular complexity index is 458. The minimum atomic E-state index is -0.429. The molecule has 0 aliphatic carbocycles. The van der Waals surface area contributed by atoms with Crippen molar-refractivity contribution in [3.63, 3.8) is 0 Å². The molecule has 0 bridgehead atoms. The number of aromatic nitrogens is 2. The molecule has 0 saturated heterocycles. The number of hydrogen-bond donors (Lipinski definition) is 3. The molecule has 1 aromatic heterocycles. The zero-order chi connectivity index (χ0) is 15.1. The molecule has 1 unspecified atom stereocenters. The molecule has 110 valence electrons. The summed E-state index contributed by atoms with van der Waals surface area (Å²) in [6, 6.07) is 2.84. The fraction of sp³-hybridized carbons (Fsp3) is 0.538. The highest BCUT2D eigenvalue weighted by Gasteiger charge is 2.14. The topological polar surface area (TPSA) is 96.0 Å².